The van der Waals surface area contributed by atoms with Crippen molar-refractivity contribution in [1.82, 2.24) is 15.5 Å². The summed E-state index contributed by atoms with van der Waals surface area (Å²) in [6.07, 6.45) is 2.59. The second kappa shape index (κ2) is 6.97. The molecule has 1 saturated heterocycles. The molecule has 1 fully saturated rings. The molecule has 0 bridgehead atoms. The fourth-order valence-corrected chi connectivity index (χ4v) is 2.35. The van der Waals surface area contributed by atoms with Gasteiger partial charge in [0.2, 0.25) is 5.91 Å². The number of likely N-dealkylation sites (tertiary alicyclic amines) is 1. The van der Waals surface area contributed by atoms with Crippen molar-refractivity contribution in [2.24, 2.45) is 5.92 Å². The molecule has 0 aromatic heterocycles. The van der Waals surface area contributed by atoms with Crippen molar-refractivity contribution in [3.05, 3.63) is 0 Å². The van der Waals surface area contributed by atoms with E-state index >= 15 is 0 Å². The van der Waals surface area contributed by atoms with Gasteiger partial charge < -0.3 is 10.6 Å². The number of hydrogen-bond acceptors (Lipinski definition) is 3. The molecule has 4 nitrogen and oxygen atoms in total. The molecule has 0 saturated carbocycles. The van der Waals surface area contributed by atoms with Crippen molar-refractivity contribution in [1.29, 1.82) is 0 Å². The number of nitrogens with one attached hydrogen (secondary N) is 2. The first-order valence-corrected chi connectivity index (χ1v) is 6.75. The Hall–Kier alpha value is -0.610. The van der Waals surface area contributed by atoms with Gasteiger partial charge in [0.1, 0.15) is 0 Å². The number of nitrogens with zero attached hydrogens (tertiary/aromatic N) is 1. The predicted octanol–water partition coefficient (Wildman–Crippen LogP) is 0.831. The van der Waals surface area contributed by atoms with E-state index in [0.717, 1.165) is 6.54 Å². The molecule has 1 heterocycles. The van der Waals surface area contributed by atoms with E-state index in [-0.39, 0.29) is 11.9 Å². The average molecular weight is 241 g/mol. The predicted molar refractivity (Wildman–Crippen MR) is 71.0 cm³/mol. The van der Waals surface area contributed by atoms with Crippen molar-refractivity contribution in [3.63, 3.8) is 0 Å². The summed E-state index contributed by atoms with van der Waals surface area (Å²) in [6, 6.07) is 0.367. The zero-order valence-electron chi connectivity index (χ0n) is 11.6. The highest BCUT2D eigenvalue weighted by atomic mass is 16.2. The first kappa shape index (κ1) is 14.5. The van der Waals surface area contributed by atoms with Crippen LogP contribution in [-0.2, 0) is 4.79 Å². The van der Waals surface area contributed by atoms with Crippen LogP contribution in [0.15, 0.2) is 0 Å². The molecule has 17 heavy (non-hydrogen) atoms. The molecule has 1 aliphatic heterocycles. The maximum Gasteiger partial charge on any atom is 0.236 e. The highest BCUT2D eigenvalue weighted by molar-refractivity contribution is 5.81. The van der Waals surface area contributed by atoms with E-state index in [4.69, 9.17) is 0 Å². The molecule has 2 N–H and O–H groups in total. The summed E-state index contributed by atoms with van der Waals surface area (Å²) in [6.45, 7) is 9.48. The summed E-state index contributed by atoms with van der Waals surface area (Å²) in [4.78, 5) is 14.2. The lowest BCUT2D eigenvalue weighted by atomic mass is 10.0. The molecule has 1 aliphatic rings. The third kappa shape index (κ3) is 4.28. The Bertz CT molecular complexity index is 237. The van der Waals surface area contributed by atoms with Crippen LogP contribution >= 0.6 is 0 Å². The third-order valence-corrected chi connectivity index (χ3v) is 3.69. The molecular formula is C13H27N3O. The molecular weight excluding hydrogens is 214 g/mol. The second-order valence-corrected chi connectivity index (χ2v) is 5.31. The van der Waals surface area contributed by atoms with Crippen LogP contribution in [0.2, 0.25) is 0 Å². The Labute approximate surface area is 105 Å². The van der Waals surface area contributed by atoms with E-state index in [1.807, 2.05) is 14.0 Å². The molecule has 0 aliphatic carbocycles. The molecule has 1 amide bonds. The van der Waals surface area contributed by atoms with Gasteiger partial charge >= 0.3 is 0 Å². The molecule has 100 valence electrons. The first-order chi connectivity index (χ1) is 8.06. The SMILES string of the molecule is CNC(C)C(=O)NCC(C(C)C)N1CCCC1. The quantitative estimate of drug-likeness (QED) is 0.724. The Morgan fingerprint density at radius 2 is 1.82 bits per heavy atom. The van der Waals surface area contributed by atoms with Crippen LogP contribution in [0.3, 0.4) is 0 Å². The van der Waals surface area contributed by atoms with Crippen LogP contribution in [0.25, 0.3) is 0 Å². The number of carbonyl (C=O) groups is 1. The molecule has 2 unspecified atom stereocenters. The Morgan fingerprint density at radius 3 is 2.29 bits per heavy atom. The van der Waals surface area contributed by atoms with E-state index in [1.54, 1.807) is 0 Å². The van der Waals surface area contributed by atoms with Gasteiger partial charge in [0.05, 0.1) is 6.04 Å². The molecule has 1 rings (SSSR count). The molecule has 0 aromatic carbocycles. The van der Waals surface area contributed by atoms with Crippen molar-refractivity contribution in [3.8, 4) is 0 Å². The summed E-state index contributed by atoms with van der Waals surface area (Å²) >= 11 is 0. The number of amides is 1. The minimum atomic E-state index is -0.110. The normalized spacial score (nSPS) is 20.5. The van der Waals surface area contributed by atoms with Crippen LogP contribution in [-0.4, -0.2) is 49.6 Å². The highest BCUT2D eigenvalue weighted by Gasteiger charge is 2.25. The van der Waals surface area contributed by atoms with Gasteiger partial charge in [-0.25, -0.2) is 0 Å². The second-order valence-electron chi connectivity index (χ2n) is 5.31. The summed E-state index contributed by atoms with van der Waals surface area (Å²) < 4.78 is 0. The molecule has 0 spiro atoms. The lowest BCUT2D eigenvalue weighted by Crippen LogP contribution is -2.49. The number of carbonyl (C=O) groups excluding carboxylic acids is 1. The fraction of sp³-hybridized carbons (Fsp3) is 0.923. The maximum absolute atomic E-state index is 11.7. The van der Waals surface area contributed by atoms with Crippen LogP contribution in [0.1, 0.15) is 33.6 Å². The first-order valence-electron chi connectivity index (χ1n) is 6.75. The van der Waals surface area contributed by atoms with Gasteiger partial charge in [0.25, 0.3) is 0 Å². The van der Waals surface area contributed by atoms with Crippen molar-refractivity contribution in [2.75, 3.05) is 26.7 Å². The van der Waals surface area contributed by atoms with E-state index in [9.17, 15) is 4.79 Å². The lowest BCUT2D eigenvalue weighted by molar-refractivity contribution is -0.122. The van der Waals surface area contributed by atoms with Crippen LogP contribution in [0, 0.1) is 5.92 Å². The third-order valence-electron chi connectivity index (χ3n) is 3.69. The van der Waals surface area contributed by atoms with E-state index in [1.165, 1.54) is 25.9 Å². The topological polar surface area (TPSA) is 44.4 Å². The largest absolute Gasteiger partial charge is 0.353 e. The van der Waals surface area contributed by atoms with Crippen molar-refractivity contribution >= 4 is 5.91 Å². The standard InChI is InChI=1S/C13H27N3O/c1-10(2)12(16-7-5-6-8-16)9-15-13(17)11(3)14-4/h10-12,14H,5-9H2,1-4H3,(H,15,17). The summed E-state index contributed by atoms with van der Waals surface area (Å²) in [5, 5.41) is 6.01. The monoisotopic (exact) mass is 241 g/mol. The summed E-state index contributed by atoms with van der Waals surface area (Å²) in [5.41, 5.74) is 0. The minimum Gasteiger partial charge on any atom is -0.353 e. The summed E-state index contributed by atoms with van der Waals surface area (Å²) in [5.74, 6) is 0.677. The Kier molecular flexibility index (Phi) is 5.92. The van der Waals surface area contributed by atoms with Gasteiger partial charge in [0.15, 0.2) is 0 Å². The smallest absolute Gasteiger partial charge is 0.236 e. The number of rotatable bonds is 6. The van der Waals surface area contributed by atoms with Gasteiger partial charge in [-0.1, -0.05) is 13.8 Å². The highest BCUT2D eigenvalue weighted by Crippen LogP contribution is 2.17. The molecule has 4 heteroatoms. The van der Waals surface area contributed by atoms with Crippen molar-refractivity contribution in [2.45, 2.75) is 45.7 Å². The van der Waals surface area contributed by atoms with E-state index in [2.05, 4.69) is 29.4 Å². The van der Waals surface area contributed by atoms with Crippen LogP contribution < -0.4 is 10.6 Å². The summed E-state index contributed by atoms with van der Waals surface area (Å²) in [7, 11) is 1.81. The molecule has 2 atom stereocenters. The van der Waals surface area contributed by atoms with Crippen LogP contribution in [0.4, 0.5) is 0 Å². The van der Waals surface area contributed by atoms with Gasteiger partial charge in [0, 0.05) is 12.6 Å². The van der Waals surface area contributed by atoms with Gasteiger partial charge in [-0.05, 0) is 45.8 Å². The lowest BCUT2D eigenvalue weighted by Gasteiger charge is -2.31. The zero-order valence-corrected chi connectivity index (χ0v) is 11.6. The number of hydrogen-bond donors (Lipinski definition) is 2. The van der Waals surface area contributed by atoms with Crippen LogP contribution in [0.5, 0.6) is 0 Å². The average Bonchev–Trinajstić information content (AvgIpc) is 2.81. The maximum atomic E-state index is 11.7. The van der Waals surface area contributed by atoms with Gasteiger partial charge in [-0.2, -0.15) is 0 Å². The van der Waals surface area contributed by atoms with E-state index < -0.39 is 0 Å². The van der Waals surface area contributed by atoms with Crippen molar-refractivity contribution < 1.29 is 4.79 Å². The van der Waals surface area contributed by atoms with Gasteiger partial charge in [-0.15, -0.1) is 0 Å². The minimum absolute atomic E-state index is 0.0948. The Morgan fingerprint density at radius 1 is 1.24 bits per heavy atom. The van der Waals surface area contributed by atoms with Gasteiger partial charge in [-0.3, -0.25) is 9.69 Å². The fourth-order valence-electron chi connectivity index (χ4n) is 2.35. The number of likely N-dealkylation sites (N-methyl/N-ethyl adjacent to an activating group) is 1. The molecule has 0 radical (unpaired) electrons. The zero-order chi connectivity index (χ0) is 12.8. The Balaban J connectivity index is 2.41. The molecule has 0 aromatic rings. The van der Waals surface area contributed by atoms with E-state index in [0.29, 0.717) is 12.0 Å².